The minimum absolute atomic E-state index is 0.194. The first-order valence-electron chi connectivity index (χ1n) is 7.50. The third-order valence-corrected chi connectivity index (χ3v) is 3.11. The van der Waals surface area contributed by atoms with Gasteiger partial charge in [0.15, 0.2) is 5.58 Å². The molecule has 0 saturated heterocycles. The van der Waals surface area contributed by atoms with E-state index in [4.69, 9.17) is 9.15 Å². The number of nitrogens with one attached hydrogen (secondary N) is 1. The molecule has 1 N–H and O–H groups in total. The largest absolute Gasteiger partial charge is 0.460 e. The van der Waals surface area contributed by atoms with Gasteiger partial charge >= 0.3 is 5.97 Å². The molecule has 5 nitrogen and oxygen atoms in total. The first kappa shape index (κ1) is 16.3. The highest BCUT2D eigenvalue weighted by Gasteiger charge is 2.23. The van der Waals surface area contributed by atoms with Crippen LogP contribution in [0.5, 0.6) is 0 Å². The molecule has 0 aliphatic rings. The number of carbonyl (C=O) groups is 1. The number of aromatic nitrogens is 1. The monoisotopic (exact) mass is 304 g/mol. The average Bonchev–Trinajstić information content (AvgIpc) is 2.75. The lowest BCUT2D eigenvalue weighted by Gasteiger charge is -2.26. The number of benzene rings is 1. The number of fused-ring (bicyclic) bond motifs is 1. The summed E-state index contributed by atoms with van der Waals surface area (Å²) in [5.41, 5.74) is 0.785. The van der Waals surface area contributed by atoms with Crippen LogP contribution in [0.15, 0.2) is 28.7 Å². The van der Waals surface area contributed by atoms with Crippen LogP contribution < -0.4 is 5.32 Å². The normalized spacial score (nSPS) is 12.4. The van der Waals surface area contributed by atoms with Gasteiger partial charge in [-0.15, -0.1) is 0 Å². The number of carbonyl (C=O) groups excluding carboxylic acids is 1. The van der Waals surface area contributed by atoms with Gasteiger partial charge in [0.2, 0.25) is 0 Å². The van der Waals surface area contributed by atoms with Crippen LogP contribution in [-0.4, -0.2) is 22.1 Å². The first-order valence-corrected chi connectivity index (χ1v) is 7.50. The fourth-order valence-electron chi connectivity index (χ4n) is 2.08. The predicted octanol–water partition coefficient (Wildman–Crippen LogP) is 4.14. The molecule has 120 valence electrons. The quantitative estimate of drug-likeness (QED) is 0.841. The van der Waals surface area contributed by atoms with Gasteiger partial charge in [0.1, 0.15) is 11.1 Å². The number of hydrogen-bond donors (Lipinski definition) is 1. The van der Waals surface area contributed by atoms with Crippen molar-refractivity contribution in [3.05, 3.63) is 24.3 Å². The second-order valence-electron chi connectivity index (χ2n) is 7.08. The molecule has 0 atom stereocenters. The maximum Gasteiger partial charge on any atom is 0.306 e. The van der Waals surface area contributed by atoms with Crippen LogP contribution in [0.1, 0.15) is 47.5 Å². The molecule has 2 aromatic rings. The summed E-state index contributed by atoms with van der Waals surface area (Å²) in [6.07, 6.45) is 0.970. The van der Waals surface area contributed by atoms with Gasteiger partial charge in [-0.25, -0.2) is 0 Å². The molecule has 1 heterocycles. The first-order chi connectivity index (χ1) is 10.1. The Bertz CT molecular complexity index is 620. The Hall–Kier alpha value is -2.04. The van der Waals surface area contributed by atoms with Gasteiger partial charge in [-0.1, -0.05) is 12.1 Å². The van der Waals surface area contributed by atoms with Crippen LogP contribution in [0.25, 0.3) is 11.1 Å². The van der Waals surface area contributed by atoms with Crippen molar-refractivity contribution in [3.8, 4) is 0 Å². The van der Waals surface area contributed by atoms with E-state index >= 15 is 0 Å². The van der Waals surface area contributed by atoms with Crippen LogP contribution in [0.4, 0.5) is 6.01 Å². The van der Waals surface area contributed by atoms with Crippen LogP contribution in [-0.2, 0) is 9.53 Å². The van der Waals surface area contributed by atoms with Gasteiger partial charge in [0.05, 0.1) is 0 Å². The van der Waals surface area contributed by atoms with Gasteiger partial charge < -0.3 is 14.5 Å². The molecular formula is C17H24N2O3. The van der Waals surface area contributed by atoms with E-state index in [9.17, 15) is 4.79 Å². The molecule has 0 aliphatic carbocycles. The number of oxazole rings is 1. The number of ether oxygens (including phenoxy) is 1. The zero-order valence-electron chi connectivity index (χ0n) is 13.9. The lowest BCUT2D eigenvalue weighted by Crippen LogP contribution is -2.33. The average molecular weight is 304 g/mol. The summed E-state index contributed by atoms with van der Waals surface area (Å²) in [6.45, 7) is 9.62. The molecular weight excluding hydrogens is 280 g/mol. The van der Waals surface area contributed by atoms with Gasteiger partial charge in [0, 0.05) is 12.0 Å². The minimum Gasteiger partial charge on any atom is -0.460 e. The maximum atomic E-state index is 11.8. The molecule has 2 rings (SSSR count). The number of anilines is 1. The van der Waals surface area contributed by atoms with Gasteiger partial charge in [-0.2, -0.15) is 4.98 Å². The van der Waals surface area contributed by atoms with Crippen LogP contribution in [0.2, 0.25) is 0 Å². The van der Waals surface area contributed by atoms with Crippen molar-refractivity contribution in [1.29, 1.82) is 0 Å². The van der Waals surface area contributed by atoms with Crippen molar-refractivity contribution < 1.29 is 13.9 Å². The molecule has 22 heavy (non-hydrogen) atoms. The van der Waals surface area contributed by atoms with E-state index in [-0.39, 0.29) is 11.5 Å². The highest BCUT2D eigenvalue weighted by molar-refractivity contribution is 5.74. The Morgan fingerprint density at radius 2 is 1.91 bits per heavy atom. The highest BCUT2D eigenvalue weighted by Crippen LogP contribution is 2.24. The summed E-state index contributed by atoms with van der Waals surface area (Å²) in [5, 5.41) is 3.24. The van der Waals surface area contributed by atoms with Crippen LogP contribution in [0, 0.1) is 0 Å². The Morgan fingerprint density at radius 1 is 1.23 bits per heavy atom. The second-order valence-corrected chi connectivity index (χ2v) is 7.08. The second kappa shape index (κ2) is 5.99. The maximum absolute atomic E-state index is 11.8. The summed E-state index contributed by atoms with van der Waals surface area (Å²) in [5.74, 6) is -0.194. The lowest BCUT2D eigenvalue weighted by molar-refractivity contribution is -0.155. The van der Waals surface area contributed by atoms with E-state index in [0.29, 0.717) is 18.9 Å². The van der Waals surface area contributed by atoms with Crippen molar-refractivity contribution in [2.75, 3.05) is 5.32 Å². The van der Waals surface area contributed by atoms with E-state index in [1.807, 2.05) is 58.9 Å². The van der Waals surface area contributed by atoms with E-state index in [2.05, 4.69) is 10.3 Å². The van der Waals surface area contributed by atoms with E-state index < -0.39 is 5.60 Å². The smallest absolute Gasteiger partial charge is 0.306 e. The summed E-state index contributed by atoms with van der Waals surface area (Å²) < 4.78 is 11.0. The molecule has 0 amide bonds. The van der Waals surface area contributed by atoms with Crippen molar-refractivity contribution in [1.82, 2.24) is 4.98 Å². The van der Waals surface area contributed by atoms with Crippen molar-refractivity contribution in [2.45, 2.75) is 58.6 Å². The molecule has 0 bridgehead atoms. The molecule has 5 heteroatoms. The number of hydrogen-bond acceptors (Lipinski definition) is 5. The SMILES string of the molecule is CC(C)(CCC(=O)OC(C)(C)C)Nc1nc2ccccc2o1. The predicted molar refractivity (Wildman–Crippen MR) is 86.8 cm³/mol. The Labute approximate surface area is 131 Å². The van der Waals surface area contributed by atoms with Crippen molar-refractivity contribution in [3.63, 3.8) is 0 Å². The fraction of sp³-hybridized carbons (Fsp3) is 0.529. The van der Waals surface area contributed by atoms with Crippen LogP contribution in [0.3, 0.4) is 0 Å². The fourth-order valence-corrected chi connectivity index (χ4v) is 2.08. The summed E-state index contributed by atoms with van der Waals surface area (Å²) in [4.78, 5) is 16.2. The third-order valence-electron chi connectivity index (χ3n) is 3.11. The topological polar surface area (TPSA) is 64.4 Å². The summed E-state index contributed by atoms with van der Waals surface area (Å²) in [7, 11) is 0. The van der Waals surface area contributed by atoms with Crippen molar-refractivity contribution >= 4 is 23.1 Å². The minimum atomic E-state index is -0.449. The number of nitrogens with zero attached hydrogens (tertiary/aromatic N) is 1. The number of para-hydroxylation sites is 2. The lowest BCUT2D eigenvalue weighted by atomic mass is 9.99. The zero-order chi connectivity index (χ0) is 16.4. The Kier molecular flexibility index (Phi) is 4.44. The van der Waals surface area contributed by atoms with E-state index in [1.165, 1.54) is 0 Å². The van der Waals surface area contributed by atoms with E-state index in [0.717, 1.165) is 11.1 Å². The highest BCUT2D eigenvalue weighted by atomic mass is 16.6. The summed E-state index contributed by atoms with van der Waals surface area (Å²) in [6, 6.07) is 8.07. The van der Waals surface area contributed by atoms with Crippen LogP contribution >= 0.6 is 0 Å². The van der Waals surface area contributed by atoms with E-state index in [1.54, 1.807) is 0 Å². The molecule has 0 aliphatic heterocycles. The molecule has 0 unspecified atom stereocenters. The molecule has 0 radical (unpaired) electrons. The van der Waals surface area contributed by atoms with Gasteiger partial charge in [-0.3, -0.25) is 4.79 Å². The molecule has 0 spiro atoms. The van der Waals surface area contributed by atoms with Gasteiger partial charge in [-0.05, 0) is 53.2 Å². The number of rotatable bonds is 5. The molecule has 0 fully saturated rings. The molecule has 1 aromatic carbocycles. The molecule has 0 saturated carbocycles. The third kappa shape index (κ3) is 4.76. The van der Waals surface area contributed by atoms with Gasteiger partial charge in [0.25, 0.3) is 6.01 Å². The number of esters is 1. The zero-order valence-corrected chi connectivity index (χ0v) is 13.9. The standard InChI is InChI=1S/C17H24N2O3/c1-16(2,3)22-14(20)10-11-17(4,5)19-15-18-12-8-6-7-9-13(12)21-15/h6-9H,10-11H2,1-5H3,(H,18,19). The Balaban J connectivity index is 1.94. The molecule has 1 aromatic heterocycles. The summed E-state index contributed by atoms with van der Waals surface area (Å²) >= 11 is 0. The van der Waals surface area contributed by atoms with Crippen molar-refractivity contribution in [2.24, 2.45) is 0 Å². The Morgan fingerprint density at radius 3 is 2.55 bits per heavy atom.